The van der Waals surface area contributed by atoms with Crippen LogP contribution in [-0.2, 0) is 4.79 Å². The van der Waals surface area contributed by atoms with Gasteiger partial charge >= 0.3 is 0 Å². The maximum atomic E-state index is 12.4. The second kappa shape index (κ2) is 8.36. The highest BCUT2D eigenvalue weighted by molar-refractivity contribution is 5.93. The molecule has 0 saturated heterocycles. The zero-order valence-electron chi connectivity index (χ0n) is 14.6. The van der Waals surface area contributed by atoms with Crippen LogP contribution in [0.25, 0.3) is 0 Å². The van der Waals surface area contributed by atoms with Crippen LogP contribution in [0.1, 0.15) is 25.5 Å². The fraction of sp³-hybridized carbons (Fsp3) is 0.316. The van der Waals surface area contributed by atoms with Crippen molar-refractivity contribution in [3.05, 3.63) is 54.1 Å². The topological polar surface area (TPSA) is 64.2 Å². The van der Waals surface area contributed by atoms with E-state index in [-0.39, 0.29) is 18.0 Å². The molecule has 0 fully saturated rings. The lowest BCUT2D eigenvalue weighted by Gasteiger charge is -2.17. The number of nitrogens with one attached hydrogen (secondary N) is 1. The summed E-state index contributed by atoms with van der Waals surface area (Å²) >= 11 is 0. The number of amides is 1. The van der Waals surface area contributed by atoms with Gasteiger partial charge in [0, 0.05) is 17.3 Å². The van der Waals surface area contributed by atoms with Crippen molar-refractivity contribution in [3.63, 3.8) is 0 Å². The maximum Gasteiger partial charge on any atom is 0.282 e. The molecule has 0 bridgehead atoms. The molecule has 3 N–H and O–H groups in total. The van der Waals surface area contributed by atoms with Crippen LogP contribution in [-0.4, -0.2) is 26.2 Å². The van der Waals surface area contributed by atoms with Crippen molar-refractivity contribution in [1.82, 2.24) is 0 Å². The summed E-state index contributed by atoms with van der Waals surface area (Å²) in [6.45, 7) is 3.99. The number of carbonyl (C=O) groups is 1. The summed E-state index contributed by atoms with van der Waals surface area (Å²) < 4.78 is 10.5. The number of ether oxygens (including phenoxy) is 2. The second-order valence-corrected chi connectivity index (χ2v) is 5.74. The molecule has 0 aromatic heterocycles. The molecule has 2 rings (SSSR count). The van der Waals surface area contributed by atoms with E-state index in [2.05, 4.69) is 24.4 Å². The van der Waals surface area contributed by atoms with Gasteiger partial charge in [-0.15, -0.1) is 0 Å². The first-order chi connectivity index (χ1) is 11.5. The molecule has 0 spiro atoms. The molecule has 24 heavy (non-hydrogen) atoms. The first-order valence-corrected chi connectivity index (χ1v) is 7.98. The number of methoxy groups -OCH3 is 2. The Morgan fingerprint density at radius 3 is 2.29 bits per heavy atom. The van der Waals surface area contributed by atoms with E-state index < -0.39 is 0 Å². The molecule has 5 heteroatoms. The lowest BCUT2D eigenvalue weighted by atomic mass is 10.1. The minimum Gasteiger partial charge on any atom is -0.493 e. The van der Waals surface area contributed by atoms with E-state index in [0.717, 1.165) is 0 Å². The highest BCUT2D eigenvalue weighted by atomic mass is 16.5. The van der Waals surface area contributed by atoms with Crippen LogP contribution in [0.2, 0.25) is 0 Å². The summed E-state index contributed by atoms with van der Waals surface area (Å²) in [5.74, 6) is 1.17. The first kappa shape index (κ1) is 17.8. The molecule has 0 aliphatic carbocycles. The molecule has 0 saturated carbocycles. The van der Waals surface area contributed by atoms with Gasteiger partial charge in [0.1, 0.15) is 6.04 Å². The predicted molar refractivity (Wildman–Crippen MR) is 94.4 cm³/mol. The maximum absolute atomic E-state index is 12.4. The Labute approximate surface area is 143 Å². The summed E-state index contributed by atoms with van der Waals surface area (Å²) in [6, 6.07) is 15.5. The number of benzene rings is 2. The molecule has 0 unspecified atom stereocenters. The molecular formula is C19H25N2O3+. The summed E-state index contributed by atoms with van der Waals surface area (Å²) in [5.41, 5.74) is 1.88. The molecule has 2 atom stereocenters. The van der Waals surface area contributed by atoms with Crippen LogP contribution >= 0.6 is 0 Å². The Hall–Kier alpha value is -2.53. The van der Waals surface area contributed by atoms with Crippen molar-refractivity contribution >= 4 is 11.6 Å². The molecule has 5 nitrogen and oxygen atoms in total. The molecule has 0 aliphatic rings. The van der Waals surface area contributed by atoms with Gasteiger partial charge in [0.05, 0.1) is 14.2 Å². The Kier molecular flexibility index (Phi) is 6.21. The van der Waals surface area contributed by atoms with Gasteiger partial charge in [-0.2, -0.15) is 0 Å². The summed E-state index contributed by atoms with van der Waals surface area (Å²) in [5, 5.41) is 4.97. The third kappa shape index (κ3) is 4.49. The summed E-state index contributed by atoms with van der Waals surface area (Å²) in [6.07, 6.45) is 0. The second-order valence-electron chi connectivity index (χ2n) is 5.74. The number of hydrogen-bond donors (Lipinski definition) is 2. The largest absolute Gasteiger partial charge is 0.493 e. The number of rotatable bonds is 7. The van der Waals surface area contributed by atoms with Crippen molar-refractivity contribution in [3.8, 4) is 11.5 Å². The van der Waals surface area contributed by atoms with Crippen molar-refractivity contribution in [2.75, 3.05) is 19.5 Å². The van der Waals surface area contributed by atoms with Crippen LogP contribution in [0.3, 0.4) is 0 Å². The first-order valence-electron chi connectivity index (χ1n) is 7.98. The van der Waals surface area contributed by atoms with Gasteiger partial charge in [-0.3, -0.25) is 4.79 Å². The van der Waals surface area contributed by atoms with Crippen molar-refractivity contribution in [1.29, 1.82) is 0 Å². The predicted octanol–water partition coefficient (Wildman–Crippen LogP) is 2.36. The molecule has 128 valence electrons. The smallest absolute Gasteiger partial charge is 0.282 e. The van der Waals surface area contributed by atoms with E-state index in [9.17, 15) is 4.79 Å². The molecule has 0 heterocycles. The summed E-state index contributed by atoms with van der Waals surface area (Å²) in [7, 11) is 3.15. The van der Waals surface area contributed by atoms with Crippen molar-refractivity contribution in [2.24, 2.45) is 0 Å². The van der Waals surface area contributed by atoms with Gasteiger partial charge in [0.2, 0.25) is 0 Å². The Bertz CT molecular complexity index is 674. The van der Waals surface area contributed by atoms with E-state index in [0.29, 0.717) is 17.2 Å². The number of anilines is 1. The van der Waals surface area contributed by atoms with Crippen molar-refractivity contribution in [2.45, 2.75) is 25.9 Å². The number of hydrogen-bond acceptors (Lipinski definition) is 3. The lowest BCUT2D eigenvalue weighted by Crippen LogP contribution is -2.91. The third-order valence-electron chi connectivity index (χ3n) is 3.97. The van der Waals surface area contributed by atoms with E-state index in [1.165, 1.54) is 5.56 Å². The summed E-state index contributed by atoms with van der Waals surface area (Å²) in [4.78, 5) is 12.4. The number of carbonyl (C=O) groups excluding carboxylic acids is 1. The Morgan fingerprint density at radius 2 is 1.67 bits per heavy atom. The highest BCUT2D eigenvalue weighted by Crippen LogP contribution is 2.29. The van der Waals surface area contributed by atoms with Crippen LogP contribution in [0.4, 0.5) is 5.69 Å². The molecular weight excluding hydrogens is 304 g/mol. The fourth-order valence-electron chi connectivity index (χ4n) is 2.56. The number of nitrogens with two attached hydrogens (primary N) is 1. The van der Waals surface area contributed by atoms with E-state index >= 15 is 0 Å². The van der Waals surface area contributed by atoms with E-state index in [1.54, 1.807) is 32.4 Å². The molecule has 2 aromatic carbocycles. The zero-order chi connectivity index (χ0) is 17.5. The van der Waals surface area contributed by atoms with Crippen LogP contribution in [0.5, 0.6) is 11.5 Å². The average Bonchev–Trinajstić information content (AvgIpc) is 2.62. The quantitative estimate of drug-likeness (QED) is 0.819. The molecule has 2 aromatic rings. The van der Waals surface area contributed by atoms with Gasteiger partial charge in [0.25, 0.3) is 5.91 Å². The van der Waals surface area contributed by atoms with Gasteiger partial charge in [-0.25, -0.2) is 0 Å². The van der Waals surface area contributed by atoms with Crippen molar-refractivity contribution < 1.29 is 19.6 Å². The highest BCUT2D eigenvalue weighted by Gasteiger charge is 2.20. The Morgan fingerprint density at radius 1 is 1.00 bits per heavy atom. The van der Waals surface area contributed by atoms with Crippen LogP contribution in [0.15, 0.2) is 48.5 Å². The lowest BCUT2D eigenvalue weighted by molar-refractivity contribution is -0.709. The molecule has 1 amide bonds. The van der Waals surface area contributed by atoms with Crippen LogP contribution in [0, 0.1) is 0 Å². The van der Waals surface area contributed by atoms with Gasteiger partial charge in [0.15, 0.2) is 17.5 Å². The zero-order valence-corrected chi connectivity index (χ0v) is 14.6. The standard InChI is InChI=1S/C19H24N2O3/c1-13(15-8-6-5-7-9-15)20-14(2)19(22)21-16-10-11-17(23-3)18(12-16)24-4/h5-14,20H,1-4H3,(H,21,22)/p+1/t13-,14+/m0/s1. The van der Waals surface area contributed by atoms with Gasteiger partial charge in [-0.1, -0.05) is 30.3 Å². The minimum atomic E-state index is -0.215. The number of quaternary nitrogens is 1. The SMILES string of the molecule is COc1ccc(NC(=O)[C@@H](C)[NH2+][C@@H](C)c2ccccc2)cc1OC. The monoisotopic (exact) mass is 329 g/mol. The van der Waals surface area contributed by atoms with E-state index in [4.69, 9.17) is 9.47 Å². The molecule has 0 aliphatic heterocycles. The minimum absolute atomic E-state index is 0.0509. The van der Waals surface area contributed by atoms with Gasteiger partial charge in [-0.05, 0) is 26.0 Å². The molecule has 0 radical (unpaired) electrons. The average molecular weight is 329 g/mol. The fourth-order valence-corrected chi connectivity index (χ4v) is 2.56. The third-order valence-corrected chi connectivity index (χ3v) is 3.97. The van der Waals surface area contributed by atoms with Crippen LogP contribution < -0.4 is 20.1 Å². The normalized spacial score (nSPS) is 13.0. The van der Waals surface area contributed by atoms with Gasteiger partial charge < -0.3 is 20.1 Å². The Balaban J connectivity index is 1.99. The van der Waals surface area contributed by atoms with E-state index in [1.807, 2.05) is 30.4 Å².